The first-order valence-electron chi connectivity index (χ1n) is 9.09. The third kappa shape index (κ3) is 3.87. The van der Waals surface area contributed by atoms with E-state index < -0.39 is 15.1 Å². The lowest BCUT2D eigenvalue weighted by molar-refractivity contribution is 0.117. The molecule has 2 N–H and O–H groups in total. The third-order valence-corrected chi connectivity index (χ3v) is 7.15. The van der Waals surface area contributed by atoms with E-state index in [1.165, 1.54) is 5.57 Å². The number of phenols is 1. The number of phenolic OH excluding ortho intramolecular Hbond substituents is 1. The first kappa shape index (κ1) is 19.1. The first-order valence-corrected chi connectivity index (χ1v) is 10.8. The number of rotatable bonds is 7. The molecule has 0 amide bonds. The molecule has 2 atom stereocenters. The van der Waals surface area contributed by atoms with Crippen LogP contribution < -0.4 is 0 Å². The van der Waals surface area contributed by atoms with Crippen molar-refractivity contribution < 1.29 is 23.4 Å². The maximum absolute atomic E-state index is 12.2. The lowest BCUT2D eigenvalue weighted by atomic mass is 9.95. The van der Waals surface area contributed by atoms with Crippen LogP contribution in [0.3, 0.4) is 0 Å². The normalized spacial score (nSPS) is 24.9. The Bertz CT molecular complexity index is 822. The number of aromatic hydroxyl groups is 1. The van der Waals surface area contributed by atoms with E-state index in [0.29, 0.717) is 12.0 Å². The molecule has 1 saturated heterocycles. The Morgan fingerprint density at radius 1 is 1.31 bits per heavy atom. The topological polar surface area (TPSA) is 83.8 Å². The molecule has 1 fully saturated rings. The van der Waals surface area contributed by atoms with Crippen LogP contribution in [0.25, 0.3) is 6.08 Å². The summed E-state index contributed by atoms with van der Waals surface area (Å²) in [6, 6.07) is 7.23. The van der Waals surface area contributed by atoms with Crippen LogP contribution in [0.4, 0.5) is 0 Å². The van der Waals surface area contributed by atoms with Gasteiger partial charge in [-0.2, -0.15) is 0 Å². The molecule has 2 aliphatic heterocycles. The molecule has 0 aliphatic carbocycles. The molecule has 0 unspecified atom stereocenters. The second-order valence-corrected chi connectivity index (χ2v) is 9.17. The zero-order valence-corrected chi connectivity index (χ0v) is 15.8. The van der Waals surface area contributed by atoms with Gasteiger partial charge in [0.25, 0.3) is 0 Å². The molecule has 142 valence electrons. The van der Waals surface area contributed by atoms with E-state index >= 15 is 0 Å². The number of aliphatic hydroxyl groups excluding tert-OH is 1. The van der Waals surface area contributed by atoms with E-state index in [1.807, 2.05) is 18.2 Å². The minimum atomic E-state index is -3.23. The number of hydrogen-bond donors (Lipinski definition) is 2. The highest BCUT2D eigenvalue weighted by Crippen LogP contribution is 2.38. The summed E-state index contributed by atoms with van der Waals surface area (Å²) in [5, 5.41) is 18.9. The monoisotopic (exact) mass is 378 g/mol. The second-order valence-electron chi connectivity index (χ2n) is 6.98. The van der Waals surface area contributed by atoms with Gasteiger partial charge in [0.05, 0.1) is 25.1 Å². The van der Waals surface area contributed by atoms with E-state index in [1.54, 1.807) is 12.1 Å². The molecule has 0 bridgehead atoms. The van der Waals surface area contributed by atoms with Gasteiger partial charge in [0.2, 0.25) is 0 Å². The van der Waals surface area contributed by atoms with Crippen LogP contribution in [-0.4, -0.2) is 49.0 Å². The van der Waals surface area contributed by atoms with Crippen LogP contribution >= 0.6 is 0 Å². The van der Waals surface area contributed by atoms with Crippen LogP contribution in [0.5, 0.6) is 5.75 Å². The van der Waals surface area contributed by atoms with Gasteiger partial charge >= 0.3 is 0 Å². The molecule has 0 spiro atoms. The van der Waals surface area contributed by atoms with Gasteiger partial charge < -0.3 is 14.9 Å². The Kier molecular flexibility index (Phi) is 5.85. The Balaban J connectivity index is 1.75. The van der Waals surface area contributed by atoms with E-state index in [9.17, 15) is 18.6 Å². The highest BCUT2D eigenvalue weighted by Gasteiger charge is 2.46. The van der Waals surface area contributed by atoms with Crippen molar-refractivity contribution in [3.05, 3.63) is 46.5 Å². The van der Waals surface area contributed by atoms with E-state index in [0.717, 1.165) is 30.4 Å². The lowest BCUT2D eigenvalue weighted by Gasteiger charge is -2.15. The van der Waals surface area contributed by atoms with Crippen molar-refractivity contribution in [3.8, 4) is 5.75 Å². The van der Waals surface area contributed by atoms with Gasteiger partial charge in [-0.05, 0) is 36.5 Å². The van der Waals surface area contributed by atoms with Crippen molar-refractivity contribution in [3.63, 3.8) is 0 Å². The summed E-state index contributed by atoms with van der Waals surface area (Å²) < 4.78 is 30.2. The number of aliphatic hydroxyl groups is 1. The fourth-order valence-corrected chi connectivity index (χ4v) is 5.82. The van der Waals surface area contributed by atoms with E-state index in [4.69, 9.17) is 4.74 Å². The van der Waals surface area contributed by atoms with Crippen LogP contribution in [-0.2, 0) is 14.6 Å². The predicted octanol–water partition coefficient (Wildman–Crippen LogP) is 2.84. The minimum absolute atomic E-state index is 0.0428. The van der Waals surface area contributed by atoms with Gasteiger partial charge in [-0.3, -0.25) is 0 Å². The SMILES string of the molecule is CCC/C(=C\c1ccccc1O)CC[C@H]1OC[C@H]2C1=C(CO)CS2(=O)=O. The van der Waals surface area contributed by atoms with Crippen LogP contribution in [0.2, 0.25) is 0 Å². The molecule has 2 aliphatic rings. The third-order valence-electron chi connectivity index (χ3n) is 5.15. The average molecular weight is 378 g/mol. The maximum atomic E-state index is 12.2. The summed E-state index contributed by atoms with van der Waals surface area (Å²) in [4.78, 5) is 0. The van der Waals surface area contributed by atoms with Crippen molar-refractivity contribution >= 4 is 15.9 Å². The van der Waals surface area contributed by atoms with Gasteiger partial charge in [0.1, 0.15) is 11.0 Å². The summed E-state index contributed by atoms with van der Waals surface area (Å²) in [6.07, 6.45) is 5.12. The minimum Gasteiger partial charge on any atom is -0.507 e. The average Bonchev–Trinajstić information content (AvgIpc) is 3.14. The summed E-state index contributed by atoms with van der Waals surface area (Å²) in [7, 11) is -3.23. The Labute approximate surface area is 154 Å². The van der Waals surface area contributed by atoms with E-state index in [-0.39, 0.29) is 30.8 Å². The summed E-state index contributed by atoms with van der Waals surface area (Å²) in [6.45, 7) is 2.08. The Morgan fingerprint density at radius 3 is 2.77 bits per heavy atom. The zero-order valence-electron chi connectivity index (χ0n) is 15.0. The molecule has 2 heterocycles. The van der Waals surface area contributed by atoms with Gasteiger partial charge in [-0.25, -0.2) is 8.42 Å². The first-order chi connectivity index (χ1) is 12.5. The molecule has 5 nitrogen and oxygen atoms in total. The van der Waals surface area contributed by atoms with Crippen molar-refractivity contribution in [2.45, 2.75) is 44.0 Å². The number of ether oxygens (including phenoxy) is 1. The van der Waals surface area contributed by atoms with Crippen LogP contribution in [0.1, 0.15) is 38.2 Å². The smallest absolute Gasteiger partial charge is 0.163 e. The van der Waals surface area contributed by atoms with Crippen molar-refractivity contribution in [2.75, 3.05) is 19.0 Å². The fourth-order valence-electron chi connectivity index (χ4n) is 3.88. The van der Waals surface area contributed by atoms with E-state index in [2.05, 4.69) is 6.92 Å². The molecule has 1 aromatic carbocycles. The summed E-state index contributed by atoms with van der Waals surface area (Å²) in [5.74, 6) is 0.212. The number of para-hydroxylation sites is 1. The van der Waals surface area contributed by atoms with Gasteiger partial charge in [0, 0.05) is 5.56 Å². The Morgan fingerprint density at radius 2 is 2.08 bits per heavy atom. The van der Waals surface area contributed by atoms with Gasteiger partial charge in [-0.1, -0.05) is 43.2 Å². The van der Waals surface area contributed by atoms with Crippen LogP contribution in [0.15, 0.2) is 41.0 Å². The number of allylic oxidation sites excluding steroid dienone is 1. The standard InChI is InChI=1S/C20H26O5S/c1-2-5-14(10-15-6-3-4-7-17(15)22)8-9-18-20-16(11-21)13-26(23,24)19(20)12-25-18/h3-4,6-7,10,18-19,21-22H,2,5,8-9,11-13H2,1H3/b14-10+/t18-,19+/m1/s1. The highest BCUT2D eigenvalue weighted by atomic mass is 32.2. The number of hydrogen-bond acceptors (Lipinski definition) is 5. The fraction of sp³-hybridized carbons (Fsp3) is 0.500. The van der Waals surface area contributed by atoms with Crippen molar-refractivity contribution in [1.82, 2.24) is 0 Å². The number of sulfone groups is 1. The predicted molar refractivity (Wildman–Crippen MR) is 102 cm³/mol. The molecule has 3 rings (SSSR count). The molecule has 0 aromatic heterocycles. The lowest BCUT2D eigenvalue weighted by Crippen LogP contribution is -2.19. The maximum Gasteiger partial charge on any atom is 0.163 e. The van der Waals surface area contributed by atoms with Crippen molar-refractivity contribution in [1.29, 1.82) is 0 Å². The number of benzene rings is 1. The summed E-state index contributed by atoms with van der Waals surface area (Å²) >= 11 is 0. The zero-order chi connectivity index (χ0) is 18.7. The quantitative estimate of drug-likeness (QED) is 0.713. The summed E-state index contributed by atoms with van der Waals surface area (Å²) in [5.41, 5.74) is 3.39. The largest absolute Gasteiger partial charge is 0.507 e. The Hall–Kier alpha value is -1.63. The second kappa shape index (κ2) is 7.94. The van der Waals surface area contributed by atoms with Crippen molar-refractivity contribution in [2.24, 2.45) is 0 Å². The molecule has 0 saturated carbocycles. The molecule has 0 radical (unpaired) electrons. The molecular formula is C20H26O5S. The number of fused-ring (bicyclic) bond motifs is 1. The molecule has 26 heavy (non-hydrogen) atoms. The molecular weight excluding hydrogens is 352 g/mol. The molecule has 1 aromatic rings. The van der Waals surface area contributed by atoms with Crippen LogP contribution in [0, 0.1) is 0 Å². The van der Waals surface area contributed by atoms with Gasteiger partial charge in [0.15, 0.2) is 9.84 Å². The van der Waals surface area contributed by atoms with Gasteiger partial charge in [-0.15, -0.1) is 0 Å². The highest BCUT2D eigenvalue weighted by molar-refractivity contribution is 7.92. The molecule has 6 heteroatoms.